The molecule has 1 aromatic heterocycles. The lowest BCUT2D eigenvalue weighted by atomic mass is 10.2. The van der Waals surface area contributed by atoms with Crippen LogP contribution in [-0.4, -0.2) is 48.6 Å². The van der Waals surface area contributed by atoms with E-state index < -0.39 is 0 Å². The Hall–Kier alpha value is -0.410. The first-order valence-electron chi connectivity index (χ1n) is 8.79. The molecule has 0 amide bonds. The molecular formula is C17H34IN5S. The highest BCUT2D eigenvalue weighted by molar-refractivity contribution is 14.0. The van der Waals surface area contributed by atoms with E-state index in [2.05, 4.69) is 65.5 Å². The molecule has 1 rings (SSSR count). The molecule has 1 aromatic rings. The van der Waals surface area contributed by atoms with Crippen molar-refractivity contribution < 1.29 is 0 Å². The van der Waals surface area contributed by atoms with Crippen LogP contribution in [0.3, 0.4) is 0 Å². The molecule has 1 heterocycles. The molecule has 0 atom stereocenters. The highest BCUT2D eigenvalue weighted by Gasteiger charge is 2.06. The maximum atomic E-state index is 4.64. The number of hydrogen-bond donors (Lipinski definition) is 2. The van der Waals surface area contributed by atoms with Crippen LogP contribution < -0.4 is 10.6 Å². The van der Waals surface area contributed by atoms with Gasteiger partial charge in [-0.15, -0.1) is 35.3 Å². The van der Waals surface area contributed by atoms with E-state index in [9.17, 15) is 0 Å². The van der Waals surface area contributed by atoms with Gasteiger partial charge in [0, 0.05) is 18.5 Å². The number of aromatic nitrogens is 1. The van der Waals surface area contributed by atoms with Crippen LogP contribution in [0.4, 0.5) is 0 Å². The van der Waals surface area contributed by atoms with Crippen molar-refractivity contribution in [3.63, 3.8) is 0 Å². The maximum Gasteiger partial charge on any atom is 0.191 e. The quantitative estimate of drug-likeness (QED) is 0.239. The standard InChI is InChI=1S/C17H33N5S.HI/c1-6-18-17(19-10-9-11-22(7-2)8-3)20-12-16-21-15(13-23-16)14(4)5;/h13-14H,6-12H2,1-5H3,(H2,18,19,20);1H. The summed E-state index contributed by atoms with van der Waals surface area (Å²) in [5.74, 6) is 1.36. The van der Waals surface area contributed by atoms with Crippen molar-refractivity contribution >= 4 is 41.3 Å². The van der Waals surface area contributed by atoms with Crippen LogP contribution >= 0.6 is 35.3 Å². The van der Waals surface area contributed by atoms with Crippen molar-refractivity contribution in [2.24, 2.45) is 4.99 Å². The van der Waals surface area contributed by atoms with E-state index in [0.29, 0.717) is 12.5 Å². The third-order valence-electron chi connectivity index (χ3n) is 3.72. The predicted octanol–water partition coefficient (Wildman–Crippen LogP) is 3.67. The van der Waals surface area contributed by atoms with Gasteiger partial charge in [-0.2, -0.15) is 0 Å². The molecule has 0 aromatic carbocycles. The van der Waals surface area contributed by atoms with Crippen LogP contribution in [0.15, 0.2) is 10.4 Å². The summed E-state index contributed by atoms with van der Waals surface area (Å²) in [4.78, 5) is 11.7. The maximum absolute atomic E-state index is 4.64. The van der Waals surface area contributed by atoms with Gasteiger partial charge in [0.1, 0.15) is 5.01 Å². The van der Waals surface area contributed by atoms with Crippen LogP contribution in [0.1, 0.15) is 57.7 Å². The molecule has 0 fully saturated rings. The van der Waals surface area contributed by atoms with Gasteiger partial charge in [0.2, 0.25) is 0 Å². The van der Waals surface area contributed by atoms with E-state index in [1.165, 1.54) is 0 Å². The normalized spacial score (nSPS) is 11.7. The molecule has 0 aliphatic carbocycles. The zero-order chi connectivity index (χ0) is 17.1. The van der Waals surface area contributed by atoms with Crippen LogP contribution in [-0.2, 0) is 6.54 Å². The number of hydrogen-bond acceptors (Lipinski definition) is 4. The fourth-order valence-corrected chi connectivity index (χ4v) is 3.08. The van der Waals surface area contributed by atoms with Crippen molar-refractivity contribution in [2.75, 3.05) is 32.7 Å². The van der Waals surface area contributed by atoms with Crippen LogP contribution in [0.25, 0.3) is 0 Å². The Morgan fingerprint density at radius 1 is 1.25 bits per heavy atom. The Labute approximate surface area is 168 Å². The Kier molecular flexibility index (Phi) is 13.6. The molecule has 0 radical (unpaired) electrons. The van der Waals surface area contributed by atoms with Gasteiger partial charge in [0.25, 0.3) is 0 Å². The third-order valence-corrected chi connectivity index (χ3v) is 4.57. The molecule has 0 saturated carbocycles. The highest BCUT2D eigenvalue weighted by Crippen LogP contribution is 2.18. The van der Waals surface area contributed by atoms with Crippen LogP contribution in [0, 0.1) is 0 Å². The van der Waals surface area contributed by atoms with Gasteiger partial charge in [-0.25, -0.2) is 9.98 Å². The van der Waals surface area contributed by atoms with Gasteiger partial charge >= 0.3 is 0 Å². The van der Waals surface area contributed by atoms with Gasteiger partial charge in [0.05, 0.1) is 12.2 Å². The summed E-state index contributed by atoms with van der Waals surface area (Å²) >= 11 is 1.70. The highest BCUT2D eigenvalue weighted by atomic mass is 127. The van der Waals surface area contributed by atoms with Gasteiger partial charge in [-0.3, -0.25) is 0 Å². The van der Waals surface area contributed by atoms with Crippen LogP contribution in [0.2, 0.25) is 0 Å². The van der Waals surface area contributed by atoms with Gasteiger partial charge in [-0.05, 0) is 38.9 Å². The second-order valence-corrected chi connectivity index (χ2v) is 6.77. The summed E-state index contributed by atoms with van der Waals surface area (Å²) < 4.78 is 0. The molecule has 5 nitrogen and oxygen atoms in total. The van der Waals surface area contributed by atoms with Crippen molar-refractivity contribution in [1.82, 2.24) is 20.5 Å². The number of halogens is 1. The predicted molar refractivity (Wildman–Crippen MR) is 117 cm³/mol. The first kappa shape index (κ1) is 23.6. The monoisotopic (exact) mass is 467 g/mol. The molecule has 0 saturated heterocycles. The minimum absolute atomic E-state index is 0. The van der Waals surface area contributed by atoms with Crippen molar-refractivity contribution in [3.8, 4) is 0 Å². The summed E-state index contributed by atoms with van der Waals surface area (Å²) in [6.45, 7) is 16.7. The van der Waals surface area contributed by atoms with Gasteiger partial charge < -0.3 is 15.5 Å². The second kappa shape index (κ2) is 13.8. The molecule has 0 spiro atoms. The summed E-state index contributed by atoms with van der Waals surface area (Å²) in [5, 5.41) is 9.93. The van der Waals surface area contributed by atoms with Crippen molar-refractivity contribution in [1.29, 1.82) is 0 Å². The molecule has 0 unspecified atom stereocenters. The van der Waals surface area contributed by atoms with Crippen molar-refractivity contribution in [3.05, 3.63) is 16.1 Å². The second-order valence-electron chi connectivity index (χ2n) is 5.82. The molecule has 0 aliphatic heterocycles. The first-order valence-corrected chi connectivity index (χ1v) is 9.67. The average Bonchev–Trinajstić information content (AvgIpc) is 3.02. The Bertz CT molecular complexity index is 458. The smallest absolute Gasteiger partial charge is 0.191 e. The lowest BCUT2D eigenvalue weighted by Crippen LogP contribution is -2.38. The van der Waals surface area contributed by atoms with Gasteiger partial charge in [0.15, 0.2) is 5.96 Å². The molecule has 2 N–H and O–H groups in total. The van der Waals surface area contributed by atoms with E-state index in [1.807, 2.05) is 0 Å². The van der Waals surface area contributed by atoms with E-state index in [1.54, 1.807) is 11.3 Å². The molecule has 0 bridgehead atoms. The summed E-state index contributed by atoms with van der Waals surface area (Å²) in [6.07, 6.45) is 1.13. The fourth-order valence-electron chi connectivity index (χ4n) is 2.20. The number of guanidine groups is 1. The minimum atomic E-state index is 0. The number of rotatable bonds is 10. The van der Waals surface area contributed by atoms with E-state index in [0.717, 1.165) is 55.8 Å². The third kappa shape index (κ3) is 9.17. The SMILES string of the molecule is CCNC(=NCc1nc(C(C)C)cs1)NCCCN(CC)CC.I. The van der Waals surface area contributed by atoms with E-state index in [4.69, 9.17) is 0 Å². The van der Waals surface area contributed by atoms with Crippen molar-refractivity contribution in [2.45, 2.75) is 53.5 Å². The van der Waals surface area contributed by atoms with Crippen LogP contribution in [0.5, 0.6) is 0 Å². The van der Waals surface area contributed by atoms with E-state index in [-0.39, 0.29) is 24.0 Å². The fraction of sp³-hybridized carbons (Fsp3) is 0.765. The summed E-state index contributed by atoms with van der Waals surface area (Å²) in [6, 6.07) is 0. The number of nitrogens with zero attached hydrogens (tertiary/aromatic N) is 3. The number of aliphatic imine (C=N–C) groups is 1. The minimum Gasteiger partial charge on any atom is -0.357 e. The summed E-state index contributed by atoms with van der Waals surface area (Å²) in [5.41, 5.74) is 1.16. The Morgan fingerprint density at radius 3 is 2.50 bits per heavy atom. The largest absolute Gasteiger partial charge is 0.357 e. The lowest BCUT2D eigenvalue weighted by molar-refractivity contribution is 0.300. The Balaban J connectivity index is 0.00000529. The molecule has 140 valence electrons. The molecule has 7 heteroatoms. The first-order chi connectivity index (χ1) is 11.1. The molecule has 0 aliphatic rings. The lowest BCUT2D eigenvalue weighted by Gasteiger charge is -2.18. The number of nitrogens with one attached hydrogen (secondary N) is 2. The van der Waals surface area contributed by atoms with E-state index >= 15 is 0 Å². The zero-order valence-corrected chi connectivity index (χ0v) is 18.9. The average molecular weight is 467 g/mol. The topological polar surface area (TPSA) is 52.6 Å². The Morgan fingerprint density at radius 2 is 1.96 bits per heavy atom. The molecule has 24 heavy (non-hydrogen) atoms. The number of thiazole rings is 1. The summed E-state index contributed by atoms with van der Waals surface area (Å²) in [7, 11) is 0. The zero-order valence-electron chi connectivity index (χ0n) is 15.8. The van der Waals surface area contributed by atoms with Gasteiger partial charge in [-0.1, -0.05) is 27.7 Å². The molecular weight excluding hydrogens is 433 g/mol.